The second-order valence-electron chi connectivity index (χ2n) is 3.74. The van der Waals surface area contributed by atoms with E-state index in [9.17, 15) is 4.79 Å². The SMILES string of the molecule is O=C(NCc1cc(C#CCCO)cs1)c1ccco1. The van der Waals surface area contributed by atoms with Crippen LogP contribution in [0.15, 0.2) is 34.3 Å². The minimum atomic E-state index is -0.230. The number of aliphatic hydroxyl groups is 1. The molecule has 0 aliphatic rings. The standard InChI is InChI=1S/C14H13NO3S/c16-6-2-1-4-11-8-12(19-10-11)9-15-14(17)13-5-3-7-18-13/h3,5,7-8,10,16H,2,6,9H2,(H,15,17). The molecule has 2 aromatic rings. The molecule has 0 atom stereocenters. The molecule has 19 heavy (non-hydrogen) atoms. The first-order valence-corrected chi connectivity index (χ1v) is 6.66. The Kier molecular flexibility index (Phi) is 4.78. The van der Waals surface area contributed by atoms with Crippen LogP contribution in [0.2, 0.25) is 0 Å². The summed E-state index contributed by atoms with van der Waals surface area (Å²) < 4.78 is 5.00. The molecule has 0 fully saturated rings. The molecule has 0 aliphatic carbocycles. The van der Waals surface area contributed by atoms with E-state index in [4.69, 9.17) is 9.52 Å². The van der Waals surface area contributed by atoms with Gasteiger partial charge in [0, 0.05) is 22.2 Å². The van der Waals surface area contributed by atoms with Gasteiger partial charge in [-0.25, -0.2) is 0 Å². The molecule has 2 aromatic heterocycles. The van der Waals surface area contributed by atoms with Crippen LogP contribution < -0.4 is 5.32 Å². The first-order chi connectivity index (χ1) is 9.29. The molecule has 1 amide bonds. The van der Waals surface area contributed by atoms with E-state index in [1.807, 2.05) is 11.4 Å². The van der Waals surface area contributed by atoms with Crippen molar-refractivity contribution in [1.29, 1.82) is 0 Å². The van der Waals surface area contributed by atoms with Gasteiger partial charge in [-0.2, -0.15) is 0 Å². The highest BCUT2D eigenvalue weighted by atomic mass is 32.1. The number of furan rings is 1. The van der Waals surface area contributed by atoms with Crippen LogP contribution in [0, 0.1) is 11.8 Å². The van der Waals surface area contributed by atoms with Crippen molar-refractivity contribution in [2.45, 2.75) is 13.0 Å². The number of carbonyl (C=O) groups excluding carboxylic acids is 1. The van der Waals surface area contributed by atoms with Gasteiger partial charge in [-0.3, -0.25) is 4.79 Å². The molecule has 0 bridgehead atoms. The van der Waals surface area contributed by atoms with Gasteiger partial charge in [0.2, 0.25) is 0 Å². The van der Waals surface area contributed by atoms with E-state index in [1.165, 1.54) is 17.6 Å². The van der Waals surface area contributed by atoms with E-state index in [2.05, 4.69) is 17.2 Å². The lowest BCUT2D eigenvalue weighted by atomic mass is 10.3. The molecule has 0 saturated carbocycles. The van der Waals surface area contributed by atoms with Crippen molar-refractivity contribution >= 4 is 17.2 Å². The maximum absolute atomic E-state index is 11.6. The van der Waals surface area contributed by atoms with Gasteiger partial charge in [-0.1, -0.05) is 11.8 Å². The molecule has 0 unspecified atom stereocenters. The van der Waals surface area contributed by atoms with Crippen molar-refractivity contribution in [1.82, 2.24) is 5.32 Å². The predicted molar refractivity (Wildman–Crippen MR) is 72.8 cm³/mol. The Hall–Kier alpha value is -2.03. The largest absolute Gasteiger partial charge is 0.459 e. The summed E-state index contributed by atoms with van der Waals surface area (Å²) in [6.07, 6.45) is 1.94. The molecule has 2 rings (SSSR count). The molecule has 0 radical (unpaired) electrons. The van der Waals surface area contributed by atoms with Gasteiger partial charge >= 0.3 is 0 Å². The second kappa shape index (κ2) is 6.78. The molecule has 4 nitrogen and oxygen atoms in total. The third-order valence-electron chi connectivity index (χ3n) is 2.29. The fraction of sp³-hybridized carbons (Fsp3) is 0.214. The number of thiophene rings is 1. The molecule has 0 saturated heterocycles. The lowest BCUT2D eigenvalue weighted by Gasteiger charge is -1.99. The van der Waals surface area contributed by atoms with Crippen molar-refractivity contribution in [2.75, 3.05) is 6.61 Å². The molecular formula is C14H13NO3S. The lowest BCUT2D eigenvalue weighted by Crippen LogP contribution is -2.21. The Balaban J connectivity index is 1.87. The van der Waals surface area contributed by atoms with E-state index in [1.54, 1.807) is 12.1 Å². The first kappa shape index (κ1) is 13.4. The Morgan fingerprint density at radius 3 is 3.16 bits per heavy atom. The summed E-state index contributed by atoms with van der Waals surface area (Å²) >= 11 is 1.54. The van der Waals surface area contributed by atoms with Crippen LogP contribution in [-0.2, 0) is 6.54 Å². The second-order valence-corrected chi connectivity index (χ2v) is 4.73. The zero-order valence-electron chi connectivity index (χ0n) is 10.2. The lowest BCUT2D eigenvalue weighted by molar-refractivity contribution is 0.0923. The van der Waals surface area contributed by atoms with E-state index in [-0.39, 0.29) is 12.5 Å². The summed E-state index contributed by atoms with van der Waals surface area (Å²) in [5, 5.41) is 13.3. The number of hydrogen-bond acceptors (Lipinski definition) is 4. The van der Waals surface area contributed by atoms with E-state index < -0.39 is 0 Å². The van der Waals surface area contributed by atoms with Gasteiger partial charge < -0.3 is 14.8 Å². The van der Waals surface area contributed by atoms with Crippen LogP contribution in [0.5, 0.6) is 0 Å². The van der Waals surface area contributed by atoms with Crippen LogP contribution in [0.4, 0.5) is 0 Å². The number of carbonyl (C=O) groups is 1. The summed E-state index contributed by atoms with van der Waals surface area (Å²) in [6, 6.07) is 5.22. The predicted octanol–water partition coefficient (Wildman–Crippen LogP) is 2.00. The molecule has 98 valence electrons. The number of hydrogen-bond donors (Lipinski definition) is 2. The van der Waals surface area contributed by atoms with Gasteiger partial charge in [0.15, 0.2) is 5.76 Å². The third kappa shape index (κ3) is 3.98. The summed E-state index contributed by atoms with van der Waals surface area (Å²) in [5.41, 5.74) is 0.903. The number of aliphatic hydroxyl groups excluding tert-OH is 1. The van der Waals surface area contributed by atoms with Crippen molar-refractivity contribution < 1.29 is 14.3 Å². The topological polar surface area (TPSA) is 62.5 Å². The molecule has 2 N–H and O–H groups in total. The Bertz CT molecular complexity index is 590. The third-order valence-corrected chi connectivity index (χ3v) is 3.23. The molecular weight excluding hydrogens is 262 g/mol. The highest BCUT2D eigenvalue weighted by molar-refractivity contribution is 7.10. The van der Waals surface area contributed by atoms with Crippen LogP contribution in [0.25, 0.3) is 0 Å². The highest BCUT2D eigenvalue weighted by Crippen LogP contribution is 2.13. The Morgan fingerprint density at radius 1 is 1.53 bits per heavy atom. The quantitative estimate of drug-likeness (QED) is 0.839. The summed E-state index contributed by atoms with van der Waals surface area (Å²) in [5.74, 6) is 5.88. The summed E-state index contributed by atoms with van der Waals surface area (Å²) in [7, 11) is 0. The van der Waals surface area contributed by atoms with E-state index in [0.29, 0.717) is 18.7 Å². The maximum atomic E-state index is 11.6. The Labute approximate surface area is 115 Å². The van der Waals surface area contributed by atoms with E-state index in [0.717, 1.165) is 10.4 Å². The zero-order chi connectivity index (χ0) is 13.5. The summed E-state index contributed by atoms with van der Waals surface area (Å²) in [4.78, 5) is 12.7. The van der Waals surface area contributed by atoms with Gasteiger partial charge in [-0.05, 0) is 18.2 Å². The average molecular weight is 275 g/mol. The minimum absolute atomic E-state index is 0.0726. The van der Waals surface area contributed by atoms with Gasteiger partial charge in [-0.15, -0.1) is 11.3 Å². The smallest absolute Gasteiger partial charge is 0.287 e. The molecule has 5 heteroatoms. The summed E-state index contributed by atoms with van der Waals surface area (Å²) in [6.45, 7) is 0.523. The van der Waals surface area contributed by atoms with Crippen molar-refractivity contribution in [3.8, 4) is 11.8 Å². The van der Waals surface area contributed by atoms with Crippen LogP contribution in [0.3, 0.4) is 0 Å². The minimum Gasteiger partial charge on any atom is -0.459 e. The average Bonchev–Trinajstić information content (AvgIpc) is 3.08. The monoisotopic (exact) mass is 275 g/mol. The fourth-order valence-electron chi connectivity index (χ4n) is 1.42. The fourth-order valence-corrected chi connectivity index (χ4v) is 2.18. The first-order valence-electron chi connectivity index (χ1n) is 5.78. The van der Waals surface area contributed by atoms with E-state index >= 15 is 0 Å². The van der Waals surface area contributed by atoms with Crippen molar-refractivity contribution in [3.05, 3.63) is 46.0 Å². The molecule has 0 aromatic carbocycles. The van der Waals surface area contributed by atoms with Gasteiger partial charge in [0.05, 0.1) is 19.4 Å². The van der Waals surface area contributed by atoms with Gasteiger partial charge in [0.25, 0.3) is 5.91 Å². The Morgan fingerprint density at radius 2 is 2.42 bits per heavy atom. The van der Waals surface area contributed by atoms with Crippen molar-refractivity contribution in [2.24, 2.45) is 0 Å². The normalized spacial score (nSPS) is 9.74. The molecule has 2 heterocycles. The highest BCUT2D eigenvalue weighted by Gasteiger charge is 2.08. The molecule has 0 aliphatic heterocycles. The maximum Gasteiger partial charge on any atom is 0.287 e. The van der Waals surface area contributed by atoms with Crippen LogP contribution >= 0.6 is 11.3 Å². The van der Waals surface area contributed by atoms with Crippen LogP contribution in [-0.4, -0.2) is 17.6 Å². The van der Waals surface area contributed by atoms with Gasteiger partial charge in [0.1, 0.15) is 0 Å². The van der Waals surface area contributed by atoms with Crippen molar-refractivity contribution in [3.63, 3.8) is 0 Å². The number of nitrogens with one attached hydrogen (secondary N) is 1. The number of rotatable bonds is 4. The number of amides is 1. The molecule has 0 spiro atoms. The zero-order valence-corrected chi connectivity index (χ0v) is 11.0. The van der Waals surface area contributed by atoms with Crippen LogP contribution in [0.1, 0.15) is 27.4 Å².